The Hall–Kier alpha value is -1.16. The molecule has 0 unspecified atom stereocenters. The van der Waals surface area contributed by atoms with Crippen molar-refractivity contribution in [1.29, 1.82) is 0 Å². The molecule has 0 saturated carbocycles. The molecule has 5 heteroatoms. The van der Waals surface area contributed by atoms with Crippen LogP contribution in [0.25, 0.3) is 11.0 Å². The predicted octanol–water partition coefficient (Wildman–Crippen LogP) is 2.07. The predicted molar refractivity (Wildman–Crippen MR) is 48.2 cm³/mol. The zero-order valence-corrected chi connectivity index (χ0v) is 7.93. The van der Waals surface area contributed by atoms with Gasteiger partial charge in [-0.2, -0.15) is 14.4 Å². The Bertz CT molecular complexity index is 478. The first-order valence-electron chi connectivity index (χ1n) is 3.74. The van der Waals surface area contributed by atoms with Crippen molar-refractivity contribution in [2.45, 2.75) is 6.92 Å². The molecule has 0 N–H and O–H groups in total. The third kappa shape index (κ3) is 1.18. The maximum Gasteiger partial charge on any atom is 0.312 e. The van der Waals surface area contributed by atoms with Crippen LogP contribution < -0.4 is 0 Å². The summed E-state index contributed by atoms with van der Waals surface area (Å²) in [5.74, 6) is 0. The number of hydrogen-bond acceptors (Lipinski definition) is 2. The third-order valence-electron chi connectivity index (χ3n) is 1.93. The van der Waals surface area contributed by atoms with Gasteiger partial charge in [0, 0.05) is 13.2 Å². The molecule has 0 aliphatic carbocycles. The Labute approximate surface area is 79.2 Å². The highest BCUT2D eigenvalue weighted by Gasteiger charge is 2.11. The van der Waals surface area contributed by atoms with E-state index < -0.39 is 6.08 Å². The van der Waals surface area contributed by atoms with E-state index in [0.29, 0.717) is 11.0 Å². The maximum atomic E-state index is 12.8. The molecular weight excluding hydrogens is 193 g/mol. The van der Waals surface area contributed by atoms with E-state index in [1.54, 1.807) is 11.6 Å². The topological polar surface area (TPSA) is 30.7 Å². The standard InChI is InChI=1S/C8H7ClFN3/c1-4-3-13(2)7-5(4)6(9)11-8(10)12-7/h3H,1-2H3. The van der Waals surface area contributed by atoms with Crippen molar-refractivity contribution in [3.8, 4) is 0 Å². The molecule has 13 heavy (non-hydrogen) atoms. The first-order chi connectivity index (χ1) is 6.09. The molecule has 0 spiro atoms. The molecular formula is C8H7ClFN3. The lowest BCUT2D eigenvalue weighted by Gasteiger charge is -1.96. The van der Waals surface area contributed by atoms with Crippen molar-refractivity contribution in [3.05, 3.63) is 23.0 Å². The molecule has 0 fully saturated rings. The first kappa shape index (κ1) is 8.44. The van der Waals surface area contributed by atoms with Gasteiger partial charge in [0.05, 0.1) is 5.39 Å². The summed E-state index contributed by atoms with van der Waals surface area (Å²) in [5, 5.41) is 0.881. The molecule has 0 saturated heterocycles. The average Bonchev–Trinajstić information content (AvgIpc) is 2.27. The Morgan fingerprint density at radius 2 is 2.15 bits per heavy atom. The number of fused-ring (bicyclic) bond motifs is 1. The monoisotopic (exact) mass is 199 g/mol. The average molecular weight is 200 g/mol. The minimum atomic E-state index is -0.793. The number of nitrogens with zero attached hydrogens (tertiary/aromatic N) is 3. The summed E-state index contributed by atoms with van der Waals surface area (Å²) < 4.78 is 14.5. The second-order valence-electron chi connectivity index (χ2n) is 2.91. The van der Waals surface area contributed by atoms with Crippen LogP contribution in [-0.2, 0) is 7.05 Å². The first-order valence-corrected chi connectivity index (χ1v) is 4.12. The van der Waals surface area contributed by atoms with Gasteiger partial charge in [0.15, 0.2) is 0 Å². The minimum absolute atomic E-state index is 0.167. The van der Waals surface area contributed by atoms with Crippen LogP contribution in [0.4, 0.5) is 4.39 Å². The van der Waals surface area contributed by atoms with E-state index in [9.17, 15) is 4.39 Å². The lowest BCUT2D eigenvalue weighted by atomic mass is 10.3. The van der Waals surface area contributed by atoms with Crippen LogP contribution in [0.2, 0.25) is 5.15 Å². The van der Waals surface area contributed by atoms with Crippen LogP contribution in [0.1, 0.15) is 5.56 Å². The molecule has 2 heterocycles. The maximum absolute atomic E-state index is 12.8. The second-order valence-corrected chi connectivity index (χ2v) is 3.26. The fourth-order valence-corrected chi connectivity index (χ4v) is 1.71. The lowest BCUT2D eigenvalue weighted by Crippen LogP contribution is -1.94. The molecule has 2 rings (SSSR count). The van der Waals surface area contributed by atoms with Gasteiger partial charge in [-0.05, 0) is 12.5 Å². The van der Waals surface area contributed by atoms with E-state index in [1.165, 1.54) is 0 Å². The molecule has 0 atom stereocenters. The quantitative estimate of drug-likeness (QED) is 0.480. The molecule has 0 aliphatic rings. The van der Waals surface area contributed by atoms with Crippen LogP contribution in [0.5, 0.6) is 0 Å². The van der Waals surface area contributed by atoms with Crippen molar-refractivity contribution in [2.24, 2.45) is 7.05 Å². The second kappa shape index (κ2) is 2.67. The van der Waals surface area contributed by atoms with Gasteiger partial charge in [0.25, 0.3) is 0 Å². The van der Waals surface area contributed by atoms with Crippen LogP contribution in [0, 0.1) is 13.0 Å². The van der Waals surface area contributed by atoms with Gasteiger partial charge in [-0.25, -0.2) is 0 Å². The van der Waals surface area contributed by atoms with Gasteiger partial charge >= 0.3 is 6.08 Å². The molecule has 0 aromatic carbocycles. The van der Waals surface area contributed by atoms with Crippen molar-refractivity contribution >= 4 is 22.6 Å². The lowest BCUT2D eigenvalue weighted by molar-refractivity contribution is 0.542. The fraction of sp³-hybridized carbons (Fsp3) is 0.250. The molecule has 0 bridgehead atoms. The van der Waals surface area contributed by atoms with Gasteiger partial charge in [-0.3, -0.25) is 0 Å². The molecule has 2 aromatic rings. The zero-order chi connectivity index (χ0) is 9.59. The number of halogens is 2. The van der Waals surface area contributed by atoms with Gasteiger partial charge in [0.2, 0.25) is 0 Å². The highest BCUT2D eigenvalue weighted by molar-refractivity contribution is 6.34. The SMILES string of the molecule is Cc1cn(C)c2nc(F)nc(Cl)c12. The summed E-state index contributed by atoms with van der Waals surface area (Å²) in [4.78, 5) is 7.11. The van der Waals surface area contributed by atoms with Crippen molar-refractivity contribution in [1.82, 2.24) is 14.5 Å². The third-order valence-corrected chi connectivity index (χ3v) is 2.21. The highest BCUT2D eigenvalue weighted by atomic mass is 35.5. The van der Waals surface area contributed by atoms with Crippen LogP contribution in [0.15, 0.2) is 6.20 Å². The fourth-order valence-electron chi connectivity index (χ4n) is 1.41. The van der Waals surface area contributed by atoms with Crippen molar-refractivity contribution in [2.75, 3.05) is 0 Å². The molecule has 2 aromatic heterocycles. The Morgan fingerprint density at radius 3 is 2.85 bits per heavy atom. The molecule has 3 nitrogen and oxygen atoms in total. The van der Waals surface area contributed by atoms with Gasteiger partial charge in [-0.1, -0.05) is 11.6 Å². The number of aromatic nitrogens is 3. The van der Waals surface area contributed by atoms with Gasteiger partial charge in [-0.15, -0.1) is 0 Å². The van der Waals surface area contributed by atoms with Gasteiger partial charge in [0.1, 0.15) is 10.8 Å². The number of aryl methyl sites for hydroxylation is 2. The van der Waals surface area contributed by atoms with E-state index in [4.69, 9.17) is 11.6 Å². The van der Waals surface area contributed by atoms with E-state index in [0.717, 1.165) is 5.56 Å². The molecule has 0 aliphatic heterocycles. The molecule has 0 amide bonds. The van der Waals surface area contributed by atoms with Crippen LogP contribution in [0.3, 0.4) is 0 Å². The summed E-state index contributed by atoms with van der Waals surface area (Å²) in [6.07, 6.45) is 1.05. The van der Waals surface area contributed by atoms with Crippen molar-refractivity contribution in [3.63, 3.8) is 0 Å². The van der Waals surface area contributed by atoms with Crippen molar-refractivity contribution < 1.29 is 4.39 Å². The highest BCUT2D eigenvalue weighted by Crippen LogP contribution is 2.24. The normalized spacial score (nSPS) is 11.1. The van der Waals surface area contributed by atoms with E-state index in [2.05, 4.69) is 9.97 Å². The summed E-state index contributed by atoms with van der Waals surface area (Å²) in [5.41, 5.74) is 1.47. The van der Waals surface area contributed by atoms with E-state index in [1.807, 2.05) is 13.1 Å². The Morgan fingerprint density at radius 1 is 1.46 bits per heavy atom. The smallest absolute Gasteiger partial charge is 0.312 e. The Kier molecular flexibility index (Phi) is 1.73. The number of rotatable bonds is 0. The summed E-state index contributed by atoms with van der Waals surface area (Å²) >= 11 is 5.78. The number of hydrogen-bond donors (Lipinski definition) is 0. The van der Waals surface area contributed by atoms with E-state index in [-0.39, 0.29) is 5.15 Å². The Balaban J connectivity index is 2.97. The van der Waals surface area contributed by atoms with E-state index >= 15 is 0 Å². The van der Waals surface area contributed by atoms with Gasteiger partial charge < -0.3 is 4.57 Å². The summed E-state index contributed by atoms with van der Waals surface area (Å²) in [7, 11) is 1.79. The molecule has 68 valence electrons. The minimum Gasteiger partial charge on any atom is -0.335 e. The summed E-state index contributed by atoms with van der Waals surface area (Å²) in [6, 6.07) is 0. The van der Waals surface area contributed by atoms with Crippen LogP contribution in [-0.4, -0.2) is 14.5 Å². The van der Waals surface area contributed by atoms with Crippen LogP contribution >= 0.6 is 11.6 Å². The largest absolute Gasteiger partial charge is 0.335 e. The summed E-state index contributed by atoms with van der Waals surface area (Å²) in [6.45, 7) is 1.88. The zero-order valence-electron chi connectivity index (χ0n) is 7.17. The molecule has 0 radical (unpaired) electrons.